The number of halogens is 1. The lowest BCUT2D eigenvalue weighted by molar-refractivity contribution is -0.117. The van der Waals surface area contributed by atoms with Crippen LogP contribution in [0, 0.1) is 5.92 Å². The molecule has 8 nitrogen and oxygen atoms in total. The smallest absolute Gasteiger partial charge is 0.330 e. The predicted molar refractivity (Wildman–Crippen MR) is 128 cm³/mol. The Morgan fingerprint density at radius 1 is 1.12 bits per heavy atom. The summed E-state index contributed by atoms with van der Waals surface area (Å²) in [5.41, 5.74) is 6.34. The van der Waals surface area contributed by atoms with Gasteiger partial charge in [0.25, 0.3) is 5.56 Å². The van der Waals surface area contributed by atoms with E-state index >= 15 is 0 Å². The molecular weight excluding hydrogens is 430 g/mol. The molecule has 3 aromatic rings. The van der Waals surface area contributed by atoms with Crippen molar-refractivity contribution in [2.75, 3.05) is 29.0 Å². The largest absolute Gasteiger partial charge is 0.383 e. The zero-order valence-electron chi connectivity index (χ0n) is 18.0. The van der Waals surface area contributed by atoms with E-state index in [2.05, 4.69) is 10.3 Å². The van der Waals surface area contributed by atoms with Crippen molar-refractivity contribution in [2.24, 2.45) is 5.92 Å². The van der Waals surface area contributed by atoms with Crippen molar-refractivity contribution in [1.82, 2.24) is 9.55 Å². The molecule has 0 aliphatic rings. The van der Waals surface area contributed by atoms with Gasteiger partial charge in [0, 0.05) is 6.54 Å². The Bertz CT molecular complexity index is 1200. The van der Waals surface area contributed by atoms with Gasteiger partial charge in [0.15, 0.2) is 5.69 Å². The Hall–Kier alpha value is -3.52. The Kier molecular flexibility index (Phi) is 7.37. The standard InChI is InChI=1S/C23H26ClN5O3/c1-15(2)13-28(19(30)12-26-18-11-7-6-10-17(18)24)20-21(25)29(23(32)27-22(20)31)14-16-8-4-3-5-9-16/h3-11,15,26H,12-14,25H2,1-2H3,(H,27,31,32). The molecular formula is C23H26ClN5O3. The van der Waals surface area contributed by atoms with Crippen LogP contribution in [0.2, 0.25) is 5.02 Å². The fraction of sp³-hybridized carbons (Fsp3) is 0.261. The third-order valence-corrected chi connectivity index (χ3v) is 5.15. The Morgan fingerprint density at radius 3 is 2.44 bits per heavy atom. The van der Waals surface area contributed by atoms with Crippen molar-refractivity contribution in [1.29, 1.82) is 0 Å². The first kappa shape index (κ1) is 23.1. The lowest BCUT2D eigenvalue weighted by Crippen LogP contribution is -2.44. The topological polar surface area (TPSA) is 113 Å². The minimum absolute atomic E-state index is 0.0415. The molecule has 0 spiro atoms. The fourth-order valence-electron chi connectivity index (χ4n) is 3.31. The van der Waals surface area contributed by atoms with Crippen LogP contribution in [0.4, 0.5) is 17.2 Å². The van der Waals surface area contributed by atoms with E-state index in [4.69, 9.17) is 17.3 Å². The summed E-state index contributed by atoms with van der Waals surface area (Å²) in [6, 6.07) is 16.3. The minimum Gasteiger partial charge on any atom is -0.383 e. The molecule has 1 amide bonds. The van der Waals surface area contributed by atoms with Crippen molar-refractivity contribution in [3.05, 3.63) is 86.0 Å². The number of nitrogens with one attached hydrogen (secondary N) is 2. The molecule has 1 heterocycles. The first-order valence-electron chi connectivity index (χ1n) is 10.2. The Balaban J connectivity index is 1.96. The molecule has 0 saturated heterocycles. The number of carbonyl (C=O) groups is 1. The number of para-hydroxylation sites is 1. The highest BCUT2D eigenvalue weighted by Crippen LogP contribution is 2.22. The number of nitrogens with zero attached hydrogens (tertiary/aromatic N) is 2. The van der Waals surface area contributed by atoms with E-state index in [0.717, 1.165) is 5.56 Å². The third-order valence-electron chi connectivity index (χ3n) is 4.82. The van der Waals surface area contributed by atoms with Crippen LogP contribution >= 0.6 is 11.6 Å². The van der Waals surface area contributed by atoms with Crippen LogP contribution in [-0.4, -0.2) is 28.5 Å². The van der Waals surface area contributed by atoms with Gasteiger partial charge in [0.2, 0.25) is 5.91 Å². The molecule has 0 saturated carbocycles. The molecule has 3 rings (SSSR count). The normalized spacial score (nSPS) is 10.9. The first-order valence-corrected chi connectivity index (χ1v) is 10.6. The lowest BCUT2D eigenvalue weighted by atomic mass is 10.2. The van der Waals surface area contributed by atoms with Crippen molar-refractivity contribution in [3.8, 4) is 0 Å². The average Bonchev–Trinajstić information content (AvgIpc) is 2.75. The lowest BCUT2D eigenvalue weighted by Gasteiger charge is -2.26. The van der Waals surface area contributed by atoms with E-state index in [-0.39, 0.29) is 43.0 Å². The molecule has 32 heavy (non-hydrogen) atoms. The number of rotatable bonds is 8. The number of aromatic amines is 1. The van der Waals surface area contributed by atoms with Crippen LogP contribution in [0.3, 0.4) is 0 Å². The summed E-state index contributed by atoms with van der Waals surface area (Å²) < 4.78 is 1.26. The number of nitrogens with two attached hydrogens (primary N) is 1. The second-order valence-electron chi connectivity index (χ2n) is 7.80. The van der Waals surface area contributed by atoms with Gasteiger partial charge in [-0.25, -0.2) is 4.79 Å². The van der Waals surface area contributed by atoms with E-state index < -0.39 is 11.2 Å². The molecule has 0 bridgehead atoms. The van der Waals surface area contributed by atoms with Crippen LogP contribution in [0.25, 0.3) is 0 Å². The van der Waals surface area contributed by atoms with E-state index in [1.807, 2.05) is 44.2 Å². The molecule has 0 atom stereocenters. The van der Waals surface area contributed by atoms with E-state index in [1.54, 1.807) is 24.3 Å². The first-order chi connectivity index (χ1) is 15.3. The van der Waals surface area contributed by atoms with Crippen LogP contribution in [-0.2, 0) is 11.3 Å². The average molecular weight is 456 g/mol. The number of carbonyl (C=O) groups excluding carboxylic acids is 1. The monoisotopic (exact) mass is 455 g/mol. The summed E-state index contributed by atoms with van der Waals surface area (Å²) in [5.74, 6) is -0.386. The van der Waals surface area contributed by atoms with Gasteiger partial charge in [-0.3, -0.25) is 19.1 Å². The van der Waals surface area contributed by atoms with Gasteiger partial charge >= 0.3 is 5.69 Å². The second-order valence-corrected chi connectivity index (χ2v) is 8.20. The van der Waals surface area contributed by atoms with Gasteiger partial charge in [-0.05, 0) is 23.6 Å². The van der Waals surface area contributed by atoms with Crippen molar-refractivity contribution >= 4 is 34.7 Å². The van der Waals surface area contributed by atoms with Crippen LogP contribution in [0.15, 0.2) is 64.2 Å². The molecule has 9 heteroatoms. The molecule has 0 fully saturated rings. The van der Waals surface area contributed by atoms with Crippen LogP contribution in [0.5, 0.6) is 0 Å². The quantitative estimate of drug-likeness (QED) is 0.483. The molecule has 0 radical (unpaired) electrons. The maximum atomic E-state index is 13.1. The van der Waals surface area contributed by atoms with Gasteiger partial charge in [0.05, 0.1) is 23.8 Å². The number of hydrogen-bond acceptors (Lipinski definition) is 5. The van der Waals surface area contributed by atoms with Gasteiger partial charge in [-0.2, -0.15) is 0 Å². The summed E-state index contributed by atoms with van der Waals surface area (Å²) >= 11 is 6.15. The number of anilines is 3. The maximum Gasteiger partial charge on any atom is 0.330 e. The summed E-state index contributed by atoms with van der Waals surface area (Å²) in [6.45, 7) is 4.15. The molecule has 1 aromatic heterocycles. The van der Waals surface area contributed by atoms with Gasteiger partial charge < -0.3 is 16.0 Å². The van der Waals surface area contributed by atoms with Gasteiger partial charge in [-0.1, -0.05) is 67.9 Å². The number of aromatic nitrogens is 2. The van der Waals surface area contributed by atoms with Crippen molar-refractivity contribution < 1.29 is 4.79 Å². The highest BCUT2D eigenvalue weighted by atomic mass is 35.5. The van der Waals surface area contributed by atoms with Crippen LogP contribution < -0.4 is 27.2 Å². The summed E-state index contributed by atoms with van der Waals surface area (Å²) in [7, 11) is 0. The minimum atomic E-state index is -0.705. The molecule has 0 unspecified atom stereocenters. The highest BCUT2D eigenvalue weighted by molar-refractivity contribution is 6.33. The summed E-state index contributed by atoms with van der Waals surface area (Å²) in [5, 5.41) is 3.47. The molecule has 2 aromatic carbocycles. The summed E-state index contributed by atoms with van der Waals surface area (Å²) in [6.07, 6.45) is 0. The SMILES string of the molecule is CC(C)CN(C(=O)CNc1ccccc1Cl)c1c(N)n(Cc2ccccc2)c(=O)[nH]c1=O. The van der Waals surface area contributed by atoms with Crippen LogP contribution in [0.1, 0.15) is 19.4 Å². The zero-order chi connectivity index (χ0) is 23.3. The number of H-pyrrole nitrogens is 1. The van der Waals surface area contributed by atoms with Crippen molar-refractivity contribution in [3.63, 3.8) is 0 Å². The second kappa shape index (κ2) is 10.2. The highest BCUT2D eigenvalue weighted by Gasteiger charge is 2.25. The van der Waals surface area contributed by atoms with Crippen molar-refractivity contribution in [2.45, 2.75) is 20.4 Å². The van der Waals surface area contributed by atoms with Gasteiger partial charge in [0.1, 0.15) is 5.82 Å². The Morgan fingerprint density at radius 2 is 1.78 bits per heavy atom. The maximum absolute atomic E-state index is 13.1. The number of amides is 1. The molecule has 0 aliphatic carbocycles. The zero-order valence-corrected chi connectivity index (χ0v) is 18.7. The van der Waals surface area contributed by atoms with E-state index in [0.29, 0.717) is 10.7 Å². The molecule has 168 valence electrons. The van der Waals surface area contributed by atoms with Gasteiger partial charge in [-0.15, -0.1) is 0 Å². The van der Waals surface area contributed by atoms with E-state index in [1.165, 1.54) is 9.47 Å². The number of hydrogen-bond donors (Lipinski definition) is 3. The number of nitrogen functional groups attached to an aromatic ring is 1. The molecule has 4 N–H and O–H groups in total. The van der Waals surface area contributed by atoms with E-state index in [9.17, 15) is 14.4 Å². The third kappa shape index (κ3) is 5.39. The predicted octanol–water partition coefficient (Wildman–Crippen LogP) is 2.92. The molecule has 0 aliphatic heterocycles. The number of benzene rings is 2. The fourth-order valence-corrected chi connectivity index (χ4v) is 3.52. The Labute approximate surface area is 190 Å². The summed E-state index contributed by atoms with van der Waals surface area (Å²) in [4.78, 5) is 42.0.